The Bertz CT molecular complexity index is 440. The van der Waals surface area contributed by atoms with Crippen LogP contribution in [0.5, 0.6) is 0 Å². The summed E-state index contributed by atoms with van der Waals surface area (Å²) in [4.78, 5) is 14.5. The lowest BCUT2D eigenvalue weighted by Gasteiger charge is -2.29. The summed E-state index contributed by atoms with van der Waals surface area (Å²) < 4.78 is 5.13. The molecule has 0 aliphatic heterocycles. The lowest BCUT2D eigenvalue weighted by atomic mass is 10.1. The van der Waals surface area contributed by atoms with Gasteiger partial charge < -0.3 is 15.4 Å². The van der Waals surface area contributed by atoms with E-state index in [2.05, 4.69) is 6.92 Å². The lowest BCUT2D eigenvalue weighted by Crippen LogP contribution is -2.42. The van der Waals surface area contributed by atoms with Crippen LogP contribution in [0.2, 0.25) is 0 Å². The normalized spacial score (nSPS) is 15.9. The van der Waals surface area contributed by atoms with Crippen LogP contribution in [0.25, 0.3) is 0 Å². The Morgan fingerprint density at radius 1 is 1.40 bits per heavy atom. The summed E-state index contributed by atoms with van der Waals surface area (Å²) in [5.74, 6) is 0.841. The van der Waals surface area contributed by atoms with Crippen molar-refractivity contribution in [2.24, 2.45) is 5.92 Å². The SMILES string of the molecule is COCCN(C(=O)Cc1ccc(N)cc1)C(C)C1CC1. The molecule has 2 rings (SSSR count). The van der Waals surface area contributed by atoms with Gasteiger partial charge in [-0.3, -0.25) is 4.79 Å². The van der Waals surface area contributed by atoms with Gasteiger partial charge in [-0.25, -0.2) is 0 Å². The molecular formula is C16H24N2O2. The first-order valence-corrected chi connectivity index (χ1v) is 7.24. The second-order valence-electron chi connectivity index (χ2n) is 5.58. The summed E-state index contributed by atoms with van der Waals surface area (Å²) in [5, 5.41) is 0. The van der Waals surface area contributed by atoms with Crippen molar-refractivity contribution in [3.63, 3.8) is 0 Å². The number of nitrogen functional groups attached to an aromatic ring is 1. The van der Waals surface area contributed by atoms with Crippen molar-refractivity contribution in [2.75, 3.05) is 26.0 Å². The highest BCUT2D eigenvalue weighted by Crippen LogP contribution is 2.35. The fourth-order valence-corrected chi connectivity index (χ4v) is 2.49. The van der Waals surface area contributed by atoms with E-state index in [-0.39, 0.29) is 5.91 Å². The molecule has 1 unspecified atom stereocenters. The van der Waals surface area contributed by atoms with E-state index in [1.54, 1.807) is 7.11 Å². The number of nitrogens with two attached hydrogens (primary N) is 1. The van der Waals surface area contributed by atoms with Gasteiger partial charge in [-0.15, -0.1) is 0 Å². The second-order valence-corrected chi connectivity index (χ2v) is 5.58. The molecule has 0 radical (unpaired) electrons. The number of hydrogen-bond donors (Lipinski definition) is 1. The molecule has 0 heterocycles. The van der Waals surface area contributed by atoms with Crippen molar-refractivity contribution in [1.82, 2.24) is 4.90 Å². The van der Waals surface area contributed by atoms with Crippen molar-refractivity contribution < 1.29 is 9.53 Å². The minimum atomic E-state index is 0.172. The predicted octanol–water partition coefficient (Wildman–Crippen LogP) is 2.08. The molecule has 110 valence electrons. The van der Waals surface area contributed by atoms with Gasteiger partial charge in [0.15, 0.2) is 0 Å². The monoisotopic (exact) mass is 276 g/mol. The van der Waals surface area contributed by atoms with Gasteiger partial charge in [0.2, 0.25) is 5.91 Å². The summed E-state index contributed by atoms with van der Waals surface area (Å²) in [6.45, 7) is 3.40. The van der Waals surface area contributed by atoms with Crippen molar-refractivity contribution in [2.45, 2.75) is 32.2 Å². The van der Waals surface area contributed by atoms with Crippen LogP contribution in [0.1, 0.15) is 25.3 Å². The first-order chi connectivity index (χ1) is 9.61. The molecule has 0 aromatic heterocycles. The highest BCUT2D eigenvalue weighted by atomic mass is 16.5. The molecule has 2 N–H and O–H groups in total. The number of rotatable bonds is 7. The van der Waals surface area contributed by atoms with E-state index in [0.717, 1.165) is 11.3 Å². The fraction of sp³-hybridized carbons (Fsp3) is 0.562. The van der Waals surface area contributed by atoms with Crippen molar-refractivity contribution in [3.8, 4) is 0 Å². The van der Waals surface area contributed by atoms with Crippen LogP contribution < -0.4 is 5.73 Å². The zero-order valence-electron chi connectivity index (χ0n) is 12.3. The Kier molecular flexibility index (Phi) is 5.01. The van der Waals surface area contributed by atoms with Gasteiger partial charge in [-0.1, -0.05) is 12.1 Å². The molecule has 1 saturated carbocycles. The number of methoxy groups -OCH3 is 1. The van der Waals surface area contributed by atoms with Crippen molar-refractivity contribution in [1.29, 1.82) is 0 Å². The minimum Gasteiger partial charge on any atom is -0.399 e. The number of nitrogens with zero attached hydrogens (tertiary/aromatic N) is 1. The van der Waals surface area contributed by atoms with E-state index in [1.165, 1.54) is 12.8 Å². The largest absolute Gasteiger partial charge is 0.399 e. The highest BCUT2D eigenvalue weighted by molar-refractivity contribution is 5.79. The van der Waals surface area contributed by atoms with Gasteiger partial charge in [-0.05, 0) is 43.4 Å². The van der Waals surface area contributed by atoms with Crippen LogP contribution in [0.3, 0.4) is 0 Å². The number of carbonyl (C=O) groups excluding carboxylic acids is 1. The van der Waals surface area contributed by atoms with E-state index in [9.17, 15) is 4.79 Å². The Morgan fingerprint density at radius 2 is 2.05 bits per heavy atom. The van der Waals surface area contributed by atoms with Gasteiger partial charge in [0.05, 0.1) is 13.0 Å². The first kappa shape index (κ1) is 14.9. The van der Waals surface area contributed by atoms with Gasteiger partial charge in [0, 0.05) is 25.4 Å². The molecule has 1 amide bonds. The van der Waals surface area contributed by atoms with Gasteiger partial charge in [0.1, 0.15) is 0 Å². The average Bonchev–Trinajstić information content (AvgIpc) is 3.26. The van der Waals surface area contributed by atoms with E-state index in [0.29, 0.717) is 31.5 Å². The zero-order chi connectivity index (χ0) is 14.5. The standard InChI is InChI=1S/C16H24N2O2/c1-12(14-5-6-14)18(9-10-20-2)16(19)11-13-3-7-15(17)8-4-13/h3-4,7-8,12,14H,5-6,9-11,17H2,1-2H3. The van der Waals surface area contributed by atoms with Crippen LogP contribution in [0, 0.1) is 5.92 Å². The van der Waals surface area contributed by atoms with Crippen LogP contribution in [-0.2, 0) is 16.0 Å². The maximum atomic E-state index is 12.5. The van der Waals surface area contributed by atoms with Gasteiger partial charge in [0.25, 0.3) is 0 Å². The molecule has 0 bridgehead atoms. The number of amides is 1. The average molecular weight is 276 g/mol. The Hall–Kier alpha value is -1.55. The summed E-state index contributed by atoms with van der Waals surface area (Å²) in [7, 11) is 1.67. The predicted molar refractivity (Wildman–Crippen MR) is 80.3 cm³/mol. The quantitative estimate of drug-likeness (QED) is 0.776. The molecule has 1 atom stereocenters. The fourth-order valence-electron chi connectivity index (χ4n) is 2.49. The molecule has 1 aromatic carbocycles. The molecule has 0 spiro atoms. The van der Waals surface area contributed by atoms with Gasteiger partial charge >= 0.3 is 0 Å². The van der Waals surface area contributed by atoms with Crippen molar-refractivity contribution in [3.05, 3.63) is 29.8 Å². The summed E-state index contributed by atoms with van der Waals surface area (Å²) in [6, 6.07) is 7.83. The molecular weight excluding hydrogens is 252 g/mol. The smallest absolute Gasteiger partial charge is 0.227 e. The Labute approximate surface area is 120 Å². The second kappa shape index (κ2) is 6.75. The number of carbonyl (C=O) groups is 1. The molecule has 1 aliphatic carbocycles. The molecule has 1 aromatic rings. The molecule has 4 heteroatoms. The number of hydrogen-bond acceptors (Lipinski definition) is 3. The van der Waals surface area contributed by atoms with Crippen LogP contribution in [0.15, 0.2) is 24.3 Å². The van der Waals surface area contributed by atoms with Crippen LogP contribution >= 0.6 is 0 Å². The topological polar surface area (TPSA) is 55.6 Å². The third-order valence-electron chi connectivity index (χ3n) is 3.99. The van der Waals surface area contributed by atoms with Crippen LogP contribution in [-0.4, -0.2) is 37.1 Å². The number of anilines is 1. The Morgan fingerprint density at radius 3 is 2.60 bits per heavy atom. The lowest BCUT2D eigenvalue weighted by molar-refractivity contribution is -0.133. The summed E-state index contributed by atoms with van der Waals surface area (Å²) >= 11 is 0. The van der Waals surface area contributed by atoms with E-state index < -0.39 is 0 Å². The molecule has 0 saturated heterocycles. The minimum absolute atomic E-state index is 0.172. The van der Waals surface area contributed by atoms with E-state index >= 15 is 0 Å². The molecule has 20 heavy (non-hydrogen) atoms. The zero-order valence-corrected chi connectivity index (χ0v) is 12.3. The van der Waals surface area contributed by atoms with Crippen LogP contribution in [0.4, 0.5) is 5.69 Å². The highest BCUT2D eigenvalue weighted by Gasteiger charge is 2.33. The maximum Gasteiger partial charge on any atom is 0.227 e. The number of ether oxygens (including phenoxy) is 1. The van der Waals surface area contributed by atoms with E-state index in [1.807, 2.05) is 29.2 Å². The van der Waals surface area contributed by atoms with E-state index in [4.69, 9.17) is 10.5 Å². The number of benzene rings is 1. The molecule has 1 fully saturated rings. The third kappa shape index (κ3) is 3.97. The molecule has 4 nitrogen and oxygen atoms in total. The van der Waals surface area contributed by atoms with Gasteiger partial charge in [-0.2, -0.15) is 0 Å². The van der Waals surface area contributed by atoms with Crippen molar-refractivity contribution >= 4 is 11.6 Å². The summed E-state index contributed by atoms with van der Waals surface area (Å²) in [5.41, 5.74) is 7.40. The maximum absolute atomic E-state index is 12.5. The molecule has 1 aliphatic rings. The summed E-state index contributed by atoms with van der Waals surface area (Å²) in [6.07, 6.45) is 2.90. The third-order valence-corrected chi connectivity index (χ3v) is 3.99. The first-order valence-electron chi connectivity index (χ1n) is 7.24. The Balaban J connectivity index is 1.99.